The maximum Gasteiger partial charge on any atom is 0.283 e. The number of carbonyl (C=O) groups excluding carboxylic acids is 1. The summed E-state index contributed by atoms with van der Waals surface area (Å²) in [6.45, 7) is 3.48. The molecule has 3 nitrogen and oxygen atoms in total. The van der Waals surface area contributed by atoms with Crippen LogP contribution in [0.4, 0.5) is 4.39 Å². The fourth-order valence-electron chi connectivity index (χ4n) is 1.88. The zero-order chi connectivity index (χ0) is 13.0. The van der Waals surface area contributed by atoms with Crippen molar-refractivity contribution in [2.45, 2.75) is 6.92 Å². The van der Waals surface area contributed by atoms with Gasteiger partial charge in [0.2, 0.25) is 0 Å². The SMILES string of the molecule is C/C(=C(/F)C(=O)N1CCOCC1)c1ccccc1. The molecule has 4 heteroatoms. The van der Waals surface area contributed by atoms with E-state index in [4.69, 9.17) is 4.74 Å². The van der Waals surface area contributed by atoms with Crippen molar-refractivity contribution in [1.82, 2.24) is 4.90 Å². The van der Waals surface area contributed by atoms with Gasteiger partial charge in [0.05, 0.1) is 13.2 Å². The van der Waals surface area contributed by atoms with Crippen LogP contribution in [0.5, 0.6) is 0 Å². The van der Waals surface area contributed by atoms with E-state index in [1.807, 2.05) is 18.2 Å². The lowest BCUT2D eigenvalue weighted by Gasteiger charge is -2.26. The largest absolute Gasteiger partial charge is 0.378 e. The van der Waals surface area contributed by atoms with Gasteiger partial charge in [0.1, 0.15) is 0 Å². The smallest absolute Gasteiger partial charge is 0.283 e. The van der Waals surface area contributed by atoms with Crippen molar-refractivity contribution in [1.29, 1.82) is 0 Å². The maximum atomic E-state index is 14.1. The van der Waals surface area contributed by atoms with Gasteiger partial charge in [-0.05, 0) is 18.1 Å². The van der Waals surface area contributed by atoms with E-state index >= 15 is 0 Å². The second kappa shape index (κ2) is 5.78. The quantitative estimate of drug-likeness (QED) is 0.752. The summed E-state index contributed by atoms with van der Waals surface area (Å²) in [5.41, 5.74) is 1.11. The molecule has 1 aliphatic heterocycles. The lowest BCUT2D eigenvalue weighted by atomic mass is 10.1. The fourth-order valence-corrected chi connectivity index (χ4v) is 1.88. The third kappa shape index (κ3) is 2.76. The Bertz CT molecular complexity index is 450. The molecule has 0 aliphatic carbocycles. The lowest BCUT2D eigenvalue weighted by molar-refractivity contribution is -0.132. The number of benzene rings is 1. The minimum absolute atomic E-state index is 0.382. The van der Waals surface area contributed by atoms with E-state index in [0.717, 1.165) is 5.56 Å². The van der Waals surface area contributed by atoms with E-state index in [2.05, 4.69) is 0 Å². The molecule has 1 fully saturated rings. The van der Waals surface area contributed by atoms with E-state index in [9.17, 15) is 9.18 Å². The Hall–Kier alpha value is -1.68. The van der Waals surface area contributed by atoms with Crippen LogP contribution in [0, 0.1) is 0 Å². The van der Waals surface area contributed by atoms with Gasteiger partial charge in [-0.3, -0.25) is 4.79 Å². The van der Waals surface area contributed by atoms with Crippen LogP contribution in [0.2, 0.25) is 0 Å². The molecule has 1 heterocycles. The molecule has 18 heavy (non-hydrogen) atoms. The normalized spacial score (nSPS) is 17.3. The molecule has 0 saturated carbocycles. The predicted octanol–water partition coefficient (Wildman–Crippen LogP) is 2.25. The Morgan fingerprint density at radius 3 is 2.44 bits per heavy atom. The van der Waals surface area contributed by atoms with Crippen LogP contribution < -0.4 is 0 Å². The summed E-state index contributed by atoms with van der Waals surface area (Å²) >= 11 is 0. The second-order valence-electron chi connectivity index (χ2n) is 4.21. The highest BCUT2D eigenvalue weighted by atomic mass is 19.1. The topological polar surface area (TPSA) is 29.5 Å². The molecule has 0 N–H and O–H groups in total. The first-order valence-electron chi connectivity index (χ1n) is 5.99. The third-order valence-electron chi connectivity index (χ3n) is 3.02. The minimum Gasteiger partial charge on any atom is -0.378 e. The van der Waals surface area contributed by atoms with Gasteiger partial charge in [0, 0.05) is 13.1 Å². The van der Waals surface area contributed by atoms with E-state index < -0.39 is 11.7 Å². The highest BCUT2D eigenvalue weighted by molar-refractivity contribution is 5.98. The number of nitrogens with zero attached hydrogens (tertiary/aromatic N) is 1. The Kier molecular flexibility index (Phi) is 4.10. The van der Waals surface area contributed by atoms with Crippen molar-refractivity contribution in [2.24, 2.45) is 0 Å². The molecule has 1 amide bonds. The van der Waals surface area contributed by atoms with Crippen molar-refractivity contribution in [3.05, 3.63) is 41.7 Å². The number of hydrogen-bond acceptors (Lipinski definition) is 2. The van der Waals surface area contributed by atoms with Crippen LogP contribution in [-0.2, 0) is 9.53 Å². The second-order valence-corrected chi connectivity index (χ2v) is 4.21. The van der Waals surface area contributed by atoms with Crippen molar-refractivity contribution in [3.8, 4) is 0 Å². The first-order valence-corrected chi connectivity index (χ1v) is 5.99. The molecule has 0 atom stereocenters. The fraction of sp³-hybridized carbons (Fsp3) is 0.357. The summed E-state index contributed by atoms with van der Waals surface area (Å²) in [5.74, 6) is -1.22. The first kappa shape index (κ1) is 12.8. The standard InChI is InChI=1S/C14H16FNO2/c1-11(12-5-3-2-4-6-12)13(15)14(17)16-7-9-18-10-8-16/h2-6H,7-10H2,1H3/b13-11-. The maximum absolute atomic E-state index is 14.1. The van der Waals surface area contributed by atoms with Crippen LogP contribution in [0.25, 0.3) is 5.57 Å². The van der Waals surface area contributed by atoms with Crippen LogP contribution in [-0.4, -0.2) is 37.1 Å². The number of ether oxygens (including phenoxy) is 1. The van der Waals surface area contributed by atoms with E-state index in [-0.39, 0.29) is 0 Å². The number of hydrogen-bond donors (Lipinski definition) is 0. The van der Waals surface area contributed by atoms with Gasteiger partial charge in [0.25, 0.3) is 5.91 Å². The van der Waals surface area contributed by atoms with E-state index in [1.54, 1.807) is 19.1 Å². The molecule has 1 saturated heterocycles. The summed E-state index contributed by atoms with van der Waals surface area (Å²) in [4.78, 5) is 13.4. The molecule has 2 rings (SSSR count). The predicted molar refractivity (Wildman–Crippen MR) is 67.5 cm³/mol. The first-order chi connectivity index (χ1) is 8.70. The third-order valence-corrected chi connectivity index (χ3v) is 3.02. The number of halogens is 1. The summed E-state index contributed by atoms with van der Waals surface area (Å²) in [5, 5.41) is 0. The van der Waals surface area contributed by atoms with Crippen molar-refractivity contribution in [2.75, 3.05) is 26.3 Å². The molecule has 0 spiro atoms. The van der Waals surface area contributed by atoms with Crippen molar-refractivity contribution < 1.29 is 13.9 Å². The van der Waals surface area contributed by atoms with Crippen LogP contribution in [0.3, 0.4) is 0 Å². The highest BCUT2D eigenvalue weighted by Crippen LogP contribution is 2.20. The highest BCUT2D eigenvalue weighted by Gasteiger charge is 2.22. The molecule has 96 valence electrons. The summed E-state index contributed by atoms with van der Waals surface area (Å²) in [6.07, 6.45) is 0. The Morgan fingerprint density at radius 2 is 1.83 bits per heavy atom. The van der Waals surface area contributed by atoms with Gasteiger partial charge < -0.3 is 9.64 Å². The molecule has 0 unspecified atom stereocenters. The molecule has 0 aromatic heterocycles. The van der Waals surface area contributed by atoms with E-state index in [0.29, 0.717) is 31.9 Å². The average molecular weight is 249 g/mol. The molecular formula is C14H16FNO2. The van der Waals surface area contributed by atoms with Gasteiger partial charge in [-0.25, -0.2) is 4.39 Å². The van der Waals surface area contributed by atoms with E-state index in [1.165, 1.54) is 4.90 Å². The molecule has 1 aromatic rings. The minimum atomic E-state index is -0.678. The van der Waals surface area contributed by atoms with Gasteiger partial charge in [-0.2, -0.15) is 0 Å². The molecule has 1 aromatic carbocycles. The van der Waals surface area contributed by atoms with Crippen molar-refractivity contribution in [3.63, 3.8) is 0 Å². The zero-order valence-electron chi connectivity index (χ0n) is 10.4. The molecule has 0 bridgehead atoms. The molecule has 0 radical (unpaired) electrons. The Labute approximate surface area is 106 Å². The van der Waals surface area contributed by atoms with Crippen LogP contribution in [0.15, 0.2) is 36.2 Å². The monoisotopic (exact) mass is 249 g/mol. The summed E-state index contributed by atoms with van der Waals surface area (Å²) in [6, 6.07) is 9.10. The summed E-state index contributed by atoms with van der Waals surface area (Å²) in [7, 11) is 0. The molecular weight excluding hydrogens is 233 g/mol. The summed E-state index contributed by atoms with van der Waals surface area (Å²) < 4.78 is 19.3. The number of amides is 1. The van der Waals surface area contributed by atoms with Crippen LogP contribution in [0.1, 0.15) is 12.5 Å². The average Bonchev–Trinajstić information content (AvgIpc) is 2.47. The number of rotatable bonds is 2. The number of morpholine rings is 1. The number of allylic oxidation sites excluding steroid dienone is 1. The number of carbonyl (C=O) groups is 1. The van der Waals surface area contributed by atoms with Crippen LogP contribution >= 0.6 is 0 Å². The molecule has 1 aliphatic rings. The Balaban J connectivity index is 2.18. The van der Waals surface area contributed by atoms with Gasteiger partial charge in [-0.1, -0.05) is 30.3 Å². The van der Waals surface area contributed by atoms with Gasteiger partial charge >= 0.3 is 0 Å². The van der Waals surface area contributed by atoms with Gasteiger partial charge in [-0.15, -0.1) is 0 Å². The zero-order valence-corrected chi connectivity index (χ0v) is 10.4. The van der Waals surface area contributed by atoms with Gasteiger partial charge in [0.15, 0.2) is 5.83 Å². The lowest BCUT2D eigenvalue weighted by Crippen LogP contribution is -2.41. The van der Waals surface area contributed by atoms with Crippen molar-refractivity contribution >= 4 is 11.5 Å². The Morgan fingerprint density at radius 1 is 1.22 bits per heavy atom.